The molecule has 88 valence electrons. The number of anilines is 1. The van der Waals surface area contributed by atoms with Crippen molar-refractivity contribution < 1.29 is 0 Å². The molecule has 16 heavy (non-hydrogen) atoms. The number of aromatic nitrogens is 2. The van der Waals surface area contributed by atoms with Crippen LogP contribution in [0.5, 0.6) is 0 Å². The van der Waals surface area contributed by atoms with Crippen molar-refractivity contribution in [2.45, 2.75) is 18.8 Å². The van der Waals surface area contributed by atoms with Gasteiger partial charge in [-0.3, -0.25) is 4.79 Å². The lowest BCUT2D eigenvalue weighted by molar-refractivity contribution is 0.754. The molecule has 0 bridgehead atoms. The van der Waals surface area contributed by atoms with E-state index in [1.165, 1.54) is 0 Å². The van der Waals surface area contributed by atoms with Crippen molar-refractivity contribution in [2.75, 3.05) is 32.1 Å². The molecule has 2 N–H and O–H groups in total. The van der Waals surface area contributed by atoms with Crippen LogP contribution in [0.4, 0.5) is 5.82 Å². The van der Waals surface area contributed by atoms with Crippen molar-refractivity contribution in [3.8, 4) is 0 Å². The Morgan fingerprint density at radius 1 is 1.62 bits per heavy atom. The number of hydrogen-bond donors (Lipinski definition) is 2. The number of hydrogen-bond acceptors (Lipinski definition) is 4. The maximum absolute atomic E-state index is 11.5. The summed E-state index contributed by atoms with van der Waals surface area (Å²) in [7, 11) is 3.87. The Labute approximate surface area is 94.9 Å². The summed E-state index contributed by atoms with van der Waals surface area (Å²) in [6, 6.07) is 1.56. The van der Waals surface area contributed by atoms with Gasteiger partial charge in [-0.15, -0.1) is 0 Å². The third-order valence-electron chi connectivity index (χ3n) is 2.80. The first-order valence-corrected chi connectivity index (χ1v) is 5.67. The average Bonchev–Trinajstić information content (AvgIpc) is 3.08. The fraction of sp³-hybridized carbons (Fsp3) is 0.636. The Hall–Kier alpha value is -1.36. The molecule has 0 amide bonds. The highest BCUT2D eigenvalue weighted by atomic mass is 16.1. The Bertz CT molecular complexity index is 411. The fourth-order valence-corrected chi connectivity index (χ4v) is 1.60. The normalized spacial score (nSPS) is 15.1. The second kappa shape index (κ2) is 4.65. The lowest BCUT2D eigenvalue weighted by atomic mass is 10.4. The molecule has 0 radical (unpaired) electrons. The van der Waals surface area contributed by atoms with Crippen LogP contribution >= 0.6 is 0 Å². The lowest BCUT2D eigenvalue weighted by Gasteiger charge is -2.18. The van der Waals surface area contributed by atoms with E-state index in [2.05, 4.69) is 15.3 Å². The number of H-pyrrole nitrogens is 1. The molecule has 2 rings (SSSR count). The van der Waals surface area contributed by atoms with E-state index in [0.29, 0.717) is 5.92 Å². The van der Waals surface area contributed by atoms with Gasteiger partial charge in [-0.25, -0.2) is 4.98 Å². The smallest absolute Gasteiger partial charge is 0.252 e. The van der Waals surface area contributed by atoms with Crippen molar-refractivity contribution in [3.63, 3.8) is 0 Å². The number of aromatic amines is 1. The van der Waals surface area contributed by atoms with Gasteiger partial charge in [0.2, 0.25) is 0 Å². The first kappa shape index (κ1) is 11.1. The van der Waals surface area contributed by atoms with Crippen LogP contribution in [0.3, 0.4) is 0 Å². The molecule has 1 aliphatic rings. The summed E-state index contributed by atoms with van der Waals surface area (Å²) in [5.41, 5.74) is -0.0526. The minimum absolute atomic E-state index is 0.0526. The summed E-state index contributed by atoms with van der Waals surface area (Å²) < 4.78 is 0. The van der Waals surface area contributed by atoms with Gasteiger partial charge in [0, 0.05) is 32.1 Å². The van der Waals surface area contributed by atoms with Crippen LogP contribution in [0.1, 0.15) is 24.6 Å². The first-order chi connectivity index (χ1) is 7.70. The number of likely N-dealkylation sites (N-methyl/N-ethyl adjacent to an activating group) is 2. The molecule has 0 atom stereocenters. The van der Waals surface area contributed by atoms with Crippen molar-refractivity contribution in [3.05, 3.63) is 22.2 Å². The van der Waals surface area contributed by atoms with Crippen LogP contribution in [-0.4, -0.2) is 37.2 Å². The maximum atomic E-state index is 11.5. The quantitative estimate of drug-likeness (QED) is 0.752. The van der Waals surface area contributed by atoms with Gasteiger partial charge in [-0.05, 0) is 19.9 Å². The summed E-state index contributed by atoms with van der Waals surface area (Å²) >= 11 is 0. The van der Waals surface area contributed by atoms with Crippen molar-refractivity contribution >= 4 is 5.82 Å². The second-order valence-electron chi connectivity index (χ2n) is 4.29. The summed E-state index contributed by atoms with van der Waals surface area (Å²) in [6.45, 7) is 1.72. The van der Waals surface area contributed by atoms with Gasteiger partial charge in [-0.1, -0.05) is 0 Å². The molecule has 5 nitrogen and oxygen atoms in total. The number of nitrogens with one attached hydrogen (secondary N) is 2. The standard InChI is InChI=1S/C11H18N4O/c1-12-5-6-15(2)9-7-10(16)14-11(13-9)8-3-4-8/h7-8,12H,3-6H2,1-2H3,(H,13,14,16). The third kappa shape index (κ3) is 2.61. The molecule has 1 aromatic heterocycles. The Kier molecular flexibility index (Phi) is 3.24. The van der Waals surface area contributed by atoms with Crippen molar-refractivity contribution in [2.24, 2.45) is 0 Å². The van der Waals surface area contributed by atoms with E-state index in [4.69, 9.17) is 0 Å². The molecule has 0 unspecified atom stereocenters. The molecular formula is C11H18N4O. The van der Waals surface area contributed by atoms with Crippen LogP contribution in [-0.2, 0) is 0 Å². The van der Waals surface area contributed by atoms with Crippen LogP contribution in [0.2, 0.25) is 0 Å². The van der Waals surface area contributed by atoms with E-state index < -0.39 is 0 Å². The summed E-state index contributed by atoms with van der Waals surface area (Å²) in [4.78, 5) is 20.8. The molecule has 1 aliphatic carbocycles. The largest absolute Gasteiger partial charge is 0.358 e. The maximum Gasteiger partial charge on any atom is 0.252 e. The van der Waals surface area contributed by atoms with Crippen LogP contribution in [0.25, 0.3) is 0 Å². The van der Waals surface area contributed by atoms with Gasteiger partial charge in [0.25, 0.3) is 5.56 Å². The second-order valence-corrected chi connectivity index (χ2v) is 4.29. The predicted octanol–water partition coefficient (Wildman–Crippen LogP) is 0.303. The summed E-state index contributed by atoms with van der Waals surface area (Å²) in [6.07, 6.45) is 2.29. The molecule has 0 aliphatic heterocycles. The highest BCUT2D eigenvalue weighted by Gasteiger charge is 2.26. The van der Waals surface area contributed by atoms with Gasteiger partial charge in [0.15, 0.2) is 0 Å². The van der Waals surface area contributed by atoms with Gasteiger partial charge in [-0.2, -0.15) is 0 Å². The first-order valence-electron chi connectivity index (χ1n) is 5.67. The SMILES string of the molecule is CNCCN(C)c1cc(=O)[nH]c(C2CC2)n1. The van der Waals surface area contributed by atoms with E-state index in [0.717, 1.165) is 37.6 Å². The molecule has 5 heteroatoms. The minimum atomic E-state index is -0.0526. The Morgan fingerprint density at radius 2 is 2.38 bits per heavy atom. The van der Waals surface area contributed by atoms with Crippen LogP contribution in [0.15, 0.2) is 10.9 Å². The molecular weight excluding hydrogens is 204 g/mol. The molecule has 0 saturated heterocycles. The zero-order valence-electron chi connectivity index (χ0n) is 9.79. The third-order valence-corrected chi connectivity index (χ3v) is 2.80. The van der Waals surface area contributed by atoms with Crippen molar-refractivity contribution in [1.29, 1.82) is 0 Å². The van der Waals surface area contributed by atoms with E-state index >= 15 is 0 Å². The zero-order chi connectivity index (χ0) is 11.5. The Morgan fingerprint density at radius 3 is 3.00 bits per heavy atom. The van der Waals surface area contributed by atoms with Gasteiger partial charge < -0.3 is 15.2 Å². The molecule has 0 spiro atoms. The highest BCUT2D eigenvalue weighted by Crippen LogP contribution is 2.37. The molecule has 0 aromatic carbocycles. The fourth-order valence-electron chi connectivity index (χ4n) is 1.60. The van der Waals surface area contributed by atoms with E-state index in [1.807, 2.05) is 19.0 Å². The lowest BCUT2D eigenvalue weighted by Crippen LogP contribution is -2.29. The van der Waals surface area contributed by atoms with Crippen LogP contribution in [0, 0.1) is 0 Å². The highest BCUT2D eigenvalue weighted by molar-refractivity contribution is 5.36. The monoisotopic (exact) mass is 222 g/mol. The van der Waals surface area contributed by atoms with Crippen molar-refractivity contribution in [1.82, 2.24) is 15.3 Å². The van der Waals surface area contributed by atoms with Gasteiger partial charge >= 0.3 is 0 Å². The molecule has 1 aromatic rings. The van der Waals surface area contributed by atoms with Gasteiger partial charge in [0.05, 0.1) is 0 Å². The average molecular weight is 222 g/mol. The molecule has 1 heterocycles. The van der Waals surface area contributed by atoms with E-state index in [-0.39, 0.29) is 5.56 Å². The summed E-state index contributed by atoms with van der Waals surface area (Å²) in [5.74, 6) is 2.09. The Balaban J connectivity index is 2.16. The number of nitrogens with zero attached hydrogens (tertiary/aromatic N) is 2. The van der Waals surface area contributed by atoms with Gasteiger partial charge in [0.1, 0.15) is 11.6 Å². The number of rotatable bonds is 5. The predicted molar refractivity (Wildman–Crippen MR) is 64.0 cm³/mol. The summed E-state index contributed by atoms with van der Waals surface area (Å²) in [5, 5.41) is 3.08. The zero-order valence-corrected chi connectivity index (χ0v) is 9.79. The van der Waals surface area contributed by atoms with E-state index in [1.54, 1.807) is 6.07 Å². The van der Waals surface area contributed by atoms with E-state index in [9.17, 15) is 4.79 Å². The minimum Gasteiger partial charge on any atom is -0.358 e. The topological polar surface area (TPSA) is 61.0 Å². The molecule has 1 saturated carbocycles. The van der Waals surface area contributed by atoms with Crippen LogP contribution < -0.4 is 15.8 Å². The molecule has 1 fully saturated rings.